The summed E-state index contributed by atoms with van der Waals surface area (Å²) in [6.45, 7) is 2.05. The average molecular weight is 431 g/mol. The Morgan fingerprint density at radius 1 is 0.968 bits per heavy atom. The van der Waals surface area contributed by atoms with Crippen molar-refractivity contribution in [1.82, 2.24) is 10.4 Å². The molecule has 0 aliphatic heterocycles. The van der Waals surface area contributed by atoms with Crippen LogP contribution in [0.5, 0.6) is 11.5 Å². The molecule has 0 unspecified atom stereocenters. The number of nitrogens with zero attached hydrogens (tertiary/aromatic N) is 3. The summed E-state index contributed by atoms with van der Waals surface area (Å²) in [6.07, 6.45) is 1.71. The average Bonchev–Trinajstić information content (AvgIpc) is 3.24. The Bertz CT molecular complexity index is 1210. The minimum absolute atomic E-state index is 0.585. The van der Waals surface area contributed by atoms with Crippen molar-refractivity contribution in [2.45, 2.75) is 6.92 Å². The van der Waals surface area contributed by atoms with E-state index in [4.69, 9.17) is 19.5 Å². The summed E-state index contributed by atoms with van der Waals surface area (Å²) in [7, 11) is 3.22. The Hall–Kier alpha value is -3.71. The van der Waals surface area contributed by atoms with E-state index in [2.05, 4.69) is 10.5 Å². The highest BCUT2D eigenvalue weighted by Gasteiger charge is 2.10. The summed E-state index contributed by atoms with van der Waals surface area (Å²) in [6, 6.07) is 21.6. The number of para-hydroxylation sites is 1. The standard InChI is InChI=1S/C24H22N4O2S/c1-16-8-11-18(12-9-16)26-23(24-27-19-6-4-5-7-22(19)31-24)28-25-15-17-10-13-20(29-2)21(14-17)30-3/h4-15H,1-3H3,(H,26,28)/b25-15+. The van der Waals surface area contributed by atoms with Gasteiger partial charge in [-0.1, -0.05) is 29.8 Å². The number of hydrazone groups is 1. The van der Waals surface area contributed by atoms with Gasteiger partial charge in [0.15, 0.2) is 22.3 Å². The highest BCUT2D eigenvalue weighted by molar-refractivity contribution is 7.20. The van der Waals surface area contributed by atoms with Gasteiger partial charge in [-0.05, 0) is 55.0 Å². The number of aryl methyl sites for hydroxylation is 1. The van der Waals surface area contributed by atoms with E-state index < -0.39 is 0 Å². The molecule has 0 spiro atoms. The molecule has 0 aliphatic rings. The summed E-state index contributed by atoms with van der Waals surface area (Å²) in [4.78, 5) is 9.47. The van der Waals surface area contributed by atoms with Gasteiger partial charge in [-0.3, -0.25) is 5.43 Å². The first kappa shape index (κ1) is 20.6. The molecular weight excluding hydrogens is 408 g/mol. The molecule has 0 saturated heterocycles. The topological polar surface area (TPSA) is 68.1 Å². The normalized spacial score (nSPS) is 11.8. The second-order valence-electron chi connectivity index (χ2n) is 6.77. The lowest BCUT2D eigenvalue weighted by Gasteiger charge is -2.07. The first-order valence-corrected chi connectivity index (χ1v) is 10.5. The molecule has 4 aromatic rings. The van der Waals surface area contributed by atoms with Crippen molar-refractivity contribution >= 4 is 39.3 Å². The zero-order valence-corrected chi connectivity index (χ0v) is 18.3. The molecule has 0 fully saturated rings. The van der Waals surface area contributed by atoms with Gasteiger partial charge >= 0.3 is 0 Å². The quantitative estimate of drug-likeness (QED) is 0.255. The van der Waals surface area contributed by atoms with Crippen LogP contribution < -0.4 is 14.9 Å². The van der Waals surface area contributed by atoms with E-state index in [9.17, 15) is 0 Å². The number of aromatic nitrogens is 1. The lowest BCUT2D eigenvalue weighted by atomic mass is 10.2. The maximum atomic E-state index is 5.36. The van der Waals surface area contributed by atoms with E-state index in [1.165, 1.54) is 5.56 Å². The number of rotatable bonds is 6. The Morgan fingerprint density at radius 3 is 2.48 bits per heavy atom. The fourth-order valence-corrected chi connectivity index (χ4v) is 3.85. The fraction of sp³-hybridized carbons (Fsp3) is 0.125. The molecule has 1 aromatic heterocycles. The van der Waals surface area contributed by atoms with E-state index in [-0.39, 0.29) is 0 Å². The highest BCUT2D eigenvalue weighted by Crippen LogP contribution is 2.27. The van der Waals surface area contributed by atoms with Crippen LogP contribution in [0.4, 0.5) is 5.69 Å². The van der Waals surface area contributed by atoms with E-state index >= 15 is 0 Å². The van der Waals surface area contributed by atoms with E-state index in [0.29, 0.717) is 17.3 Å². The van der Waals surface area contributed by atoms with E-state index in [1.54, 1.807) is 31.8 Å². The van der Waals surface area contributed by atoms with Crippen molar-refractivity contribution in [3.63, 3.8) is 0 Å². The number of fused-ring (bicyclic) bond motifs is 1. The minimum atomic E-state index is 0.585. The number of hydrogen-bond acceptors (Lipinski definition) is 6. The van der Waals surface area contributed by atoms with Crippen LogP contribution in [0.3, 0.4) is 0 Å². The van der Waals surface area contributed by atoms with Gasteiger partial charge in [0.2, 0.25) is 0 Å². The van der Waals surface area contributed by atoms with Gasteiger partial charge in [0, 0.05) is 0 Å². The minimum Gasteiger partial charge on any atom is -0.493 e. The van der Waals surface area contributed by atoms with Crippen LogP contribution in [0, 0.1) is 6.92 Å². The van der Waals surface area contributed by atoms with Crippen molar-refractivity contribution < 1.29 is 9.47 Å². The predicted octanol–water partition coefficient (Wildman–Crippen LogP) is 5.32. The van der Waals surface area contributed by atoms with Crippen LogP contribution in [0.25, 0.3) is 10.2 Å². The van der Waals surface area contributed by atoms with Crippen molar-refractivity contribution in [3.8, 4) is 11.5 Å². The molecule has 0 aliphatic carbocycles. The first-order chi connectivity index (χ1) is 15.2. The summed E-state index contributed by atoms with van der Waals surface area (Å²) in [5.41, 5.74) is 6.88. The third-order valence-corrected chi connectivity index (χ3v) is 5.61. The van der Waals surface area contributed by atoms with Crippen LogP contribution in [0.2, 0.25) is 0 Å². The SMILES string of the molecule is COc1ccc(/C=N/NC(=Nc2ccc(C)cc2)c2nc3ccccc3s2)cc1OC. The second-order valence-corrected chi connectivity index (χ2v) is 7.80. The maximum absolute atomic E-state index is 5.36. The highest BCUT2D eigenvalue weighted by atomic mass is 32.1. The Kier molecular flexibility index (Phi) is 6.24. The van der Waals surface area contributed by atoms with Crippen LogP contribution in [0.15, 0.2) is 76.8 Å². The number of benzene rings is 3. The van der Waals surface area contributed by atoms with E-state index in [1.807, 2.05) is 73.7 Å². The maximum Gasteiger partial charge on any atom is 0.183 e. The zero-order chi connectivity index (χ0) is 21.6. The van der Waals surface area contributed by atoms with Crippen molar-refractivity contribution in [2.75, 3.05) is 14.2 Å². The monoisotopic (exact) mass is 430 g/mol. The molecule has 0 amide bonds. The smallest absolute Gasteiger partial charge is 0.183 e. The number of ether oxygens (including phenoxy) is 2. The van der Waals surface area contributed by atoms with Gasteiger partial charge in [-0.2, -0.15) is 5.10 Å². The molecule has 7 heteroatoms. The van der Waals surface area contributed by atoms with Gasteiger partial charge in [-0.25, -0.2) is 9.98 Å². The number of amidine groups is 1. The zero-order valence-electron chi connectivity index (χ0n) is 17.5. The van der Waals surface area contributed by atoms with Crippen LogP contribution in [-0.4, -0.2) is 31.3 Å². The number of nitrogens with one attached hydrogen (secondary N) is 1. The molecule has 31 heavy (non-hydrogen) atoms. The summed E-state index contributed by atoms with van der Waals surface area (Å²) < 4.78 is 11.7. The third kappa shape index (κ3) is 4.90. The Balaban J connectivity index is 1.64. The van der Waals surface area contributed by atoms with E-state index in [0.717, 1.165) is 26.5 Å². The Morgan fingerprint density at radius 2 is 1.74 bits per heavy atom. The lowest BCUT2D eigenvalue weighted by Crippen LogP contribution is -2.18. The van der Waals surface area contributed by atoms with Crippen LogP contribution in [-0.2, 0) is 0 Å². The van der Waals surface area contributed by atoms with Gasteiger partial charge in [0.1, 0.15) is 0 Å². The molecule has 0 radical (unpaired) electrons. The van der Waals surface area contributed by atoms with Crippen LogP contribution >= 0.6 is 11.3 Å². The molecule has 1 heterocycles. The third-order valence-electron chi connectivity index (χ3n) is 4.56. The molecule has 156 valence electrons. The van der Waals surface area contributed by atoms with Gasteiger partial charge in [0.05, 0.1) is 36.3 Å². The molecule has 0 bridgehead atoms. The first-order valence-electron chi connectivity index (χ1n) is 9.68. The summed E-state index contributed by atoms with van der Waals surface area (Å²) >= 11 is 1.57. The van der Waals surface area contributed by atoms with Crippen LogP contribution in [0.1, 0.15) is 16.1 Å². The Labute approximate surface area is 184 Å². The van der Waals surface area contributed by atoms with Crippen molar-refractivity contribution in [2.24, 2.45) is 10.1 Å². The summed E-state index contributed by atoms with van der Waals surface area (Å²) in [5.74, 6) is 1.90. The second kappa shape index (κ2) is 9.40. The molecule has 4 rings (SSSR count). The molecule has 0 atom stereocenters. The van der Waals surface area contributed by atoms with Crippen molar-refractivity contribution in [1.29, 1.82) is 0 Å². The molecule has 6 nitrogen and oxygen atoms in total. The molecule has 1 N–H and O–H groups in total. The van der Waals surface area contributed by atoms with Gasteiger partial charge in [-0.15, -0.1) is 11.3 Å². The number of hydrogen-bond donors (Lipinski definition) is 1. The molecular formula is C24H22N4O2S. The summed E-state index contributed by atoms with van der Waals surface area (Å²) in [5, 5.41) is 5.17. The fourth-order valence-electron chi connectivity index (χ4n) is 2.94. The predicted molar refractivity (Wildman–Crippen MR) is 127 cm³/mol. The number of methoxy groups -OCH3 is 2. The largest absolute Gasteiger partial charge is 0.493 e. The van der Waals surface area contributed by atoms with Gasteiger partial charge in [0.25, 0.3) is 0 Å². The lowest BCUT2D eigenvalue weighted by molar-refractivity contribution is 0.355. The molecule has 0 saturated carbocycles. The van der Waals surface area contributed by atoms with Crippen molar-refractivity contribution in [3.05, 3.63) is 82.9 Å². The number of thiazole rings is 1. The molecule has 3 aromatic carbocycles. The van der Waals surface area contributed by atoms with Gasteiger partial charge < -0.3 is 9.47 Å². The number of aliphatic imine (C=N–C) groups is 1.